The topological polar surface area (TPSA) is 16.4 Å². The molecule has 11 aromatic rings. The second-order valence-corrected chi connectivity index (χ2v) is 19.2. The van der Waals surface area contributed by atoms with Crippen LogP contribution in [-0.2, 0) is 10.8 Å². The molecule has 2 aliphatic carbocycles. The second kappa shape index (κ2) is 14.3. The Morgan fingerprint density at radius 1 is 0.364 bits per heavy atom. The van der Waals surface area contributed by atoms with Gasteiger partial charge in [0, 0.05) is 43.9 Å². The molecule has 0 fully saturated rings. The molecule has 0 atom stereocenters. The van der Waals surface area contributed by atoms with Crippen LogP contribution in [0.2, 0.25) is 0 Å². The van der Waals surface area contributed by atoms with Crippen LogP contribution in [0.4, 0.5) is 17.1 Å². The van der Waals surface area contributed by atoms with E-state index in [4.69, 9.17) is 4.42 Å². The van der Waals surface area contributed by atoms with Gasteiger partial charge in [-0.25, -0.2) is 0 Å². The molecular formula is C64H47NO. The maximum atomic E-state index is 6.69. The number of rotatable bonds is 6. The third-order valence-corrected chi connectivity index (χ3v) is 14.8. The SMILES string of the molecule is CC1(C)c2ccccc2-c2ccc(-c3ccccc3N(c3cccc(-c4cccc5c4C(C)(C)c4ccccc4-5)c3)c3cccc(-c4cccc5oc6c7ccccc7ccc6c45)c3)cc21. The highest BCUT2D eigenvalue weighted by Crippen LogP contribution is 2.54. The largest absolute Gasteiger partial charge is 0.455 e. The van der Waals surface area contributed by atoms with E-state index in [-0.39, 0.29) is 10.8 Å². The molecule has 0 bridgehead atoms. The van der Waals surface area contributed by atoms with Crippen LogP contribution in [0.5, 0.6) is 0 Å². The number of para-hydroxylation sites is 1. The lowest BCUT2D eigenvalue weighted by molar-refractivity contribution is 0.660. The molecule has 2 heteroatoms. The molecule has 2 nitrogen and oxygen atoms in total. The van der Waals surface area contributed by atoms with E-state index >= 15 is 0 Å². The van der Waals surface area contributed by atoms with E-state index in [1.54, 1.807) is 0 Å². The average Bonchev–Trinajstić information content (AvgIpc) is 3.94. The minimum Gasteiger partial charge on any atom is -0.455 e. The minimum atomic E-state index is -0.148. The minimum absolute atomic E-state index is 0.118. The molecule has 2 aliphatic rings. The molecule has 66 heavy (non-hydrogen) atoms. The summed E-state index contributed by atoms with van der Waals surface area (Å²) in [5.74, 6) is 0. The van der Waals surface area contributed by atoms with E-state index in [9.17, 15) is 0 Å². The van der Waals surface area contributed by atoms with E-state index in [1.807, 2.05) is 0 Å². The highest BCUT2D eigenvalue weighted by Gasteiger charge is 2.38. The number of anilines is 3. The van der Waals surface area contributed by atoms with Crippen molar-refractivity contribution in [1.82, 2.24) is 0 Å². The van der Waals surface area contributed by atoms with Crippen LogP contribution in [0.1, 0.15) is 49.9 Å². The van der Waals surface area contributed by atoms with Gasteiger partial charge in [-0.15, -0.1) is 0 Å². The number of fused-ring (bicyclic) bond motifs is 11. The highest BCUT2D eigenvalue weighted by molar-refractivity contribution is 6.19. The molecule has 0 saturated heterocycles. The van der Waals surface area contributed by atoms with Crippen LogP contribution >= 0.6 is 0 Å². The molecule has 0 radical (unpaired) electrons. The van der Waals surface area contributed by atoms with Gasteiger partial charge in [0.25, 0.3) is 0 Å². The van der Waals surface area contributed by atoms with Gasteiger partial charge < -0.3 is 9.32 Å². The van der Waals surface area contributed by atoms with E-state index < -0.39 is 0 Å². The predicted molar refractivity (Wildman–Crippen MR) is 277 cm³/mol. The third kappa shape index (κ3) is 5.61. The van der Waals surface area contributed by atoms with Gasteiger partial charge in [0.15, 0.2) is 0 Å². The van der Waals surface area contributed by atoms with Crippen molar-refractivity contribution >= 4 is 49.8 Å². The van der Waals surface area contributed by atoms with Gasteiger partial charge in [0.05, 0.1) is 5.69 Å². The molecular weight excluding hydrogens is 799 g/mol. The number of benzene rings is 10. The van der Waals surface area contributed by atoms with Gasteiger partial charge in [0.1, 0.15) is 11.2 Å². The van der Waals surface area contributed by atoms with E-state index in [1.165, 1.54) is 72.1 Å². The van der Waals surface area contributed by atoms with Gasteiger partial charge in [-0.1, -0.05) is 191 Å². The summed E-state index contributed by atoms with van der Waals surface area (Å²) < 4.78 is 6.69. The maximum Gasteiger partial charge on any atom is 0.143 e. The van der Waals surface area contributed by atoms with E-state index in [2.05, 4.69) is 245 Å². The predicted octanol–water partition coefficient (Wildman–Crippen LogP) is 17.8. The molecule has 0 spiro atoms. The molecule has 0 saturated carbocycles. The van der Waals surface area contributed by atoms with Gasteiger partial charge in [-0.3, -0.25) is 0 Å². The average molecular weight is 846 g/mol. The zero-order chi connectivity index (χ0) is 44.3. The van der Waals surface area contributed by atoms with Crippen molar-refractivity contribution < 1.29 is 4.42 Å². The van der Waals surface area contributed by atoms with Crippen molar-refractivity contribution in [2.24, 2.45) is 0 Å². The van der Waals surface area contributed by atoms with E-state index in [0.29, 0.717) is 0 Å². The molecule has 13 rings (SSSR count). The zero-order valence-corrected chi connectivity index (χ0v) is 37.6. The van der Waals surface area contributed by atoms with Crippen molar-refractivity contribution in [1.29, 1.82) is 0 Å². The fourth-order valence-corrected chi connectivity index (χ4v) is 11.7. The van der Waals surface area contributed by atoms with Crippen molar-refractivity contribution in [3.05, 3.63) is 235 Å². The van der Waals surface area contributed by atoms with Crippen LogP contribution in [-0.4, -0.2) is 0 Å². The summed E-state index contributed by atoms with van der Waals surface area (Å²) in [6.07, 6.45) is 0. The smallest absolute Gasteiger partial charge is 0.143 e. The highest BCUT2D eigenvalue weighted by atomic mass is 16.3. The van der Waals surface area contributed by atoms with Crippen molar-refractivity contribution in [3.63, 3.8) is 0 Å². The Morgan fingerprint density at radius 2 is 0.924 bits per heavy atom. The summed E-state index contributed by atoms with van der Waals surface area (Å²) in [7, 11) is 0. The Balaban J connectivity index is 1.01. The monoisotopic (exact) mass is 845 g/mol. The molecule has 0 N–H and O–H groups in total. The summed E-state index contributed by atoms with van der Waals surface area (Å²) >= 11 is 0. The molecule has 1 heterocycles. The lowest BCUT2D eigenvalue weighted by Crippen LogP contribution is -2.16. The van der Waals surface area contributed by atoms with Gasteiger partial charge in [-0.05, 0) is 126 Å². The summed E-state index contributed by atoms with van der Waals surface area (Å²) in [6.45, 7) is 9.48. The summed E-state index contributed by atoms with van der Waals surface area (Å²) in [5, 5.41) is 4.56. The molecule has 0 aliphatic heterocycles. The first-order chi connectivity index (χ1) is 32.3. The molecule has 10 aromatic carbocycles. The molecule has 1 aromatic heterocycles. The summed E-state index contributed by atoms with van der Waals surface area (Å²) in [6, 6.07) is 78.4. The Morgan fingerprint density at radius 3 is 1.71 bits per heavy atom. The normalized spacial score (nSPS) is 14.0. The quantitative estimate of drug-likeness (QED) is 0.166. The lowest BCUT2D eigenvalue weighted by Gasteiger charge is -2.30. The van der Waals surface area contributed by atoms with Crippen molar-refractivity contribution in [2.75, 3.05) is 4.90 Å². The van der Waals surface area contributed by atoms with Gasteiger partial charge in [-0.2, -0.15) is 0 Å². The fraction of sp³-hybridized carbons (Fsp3) is 0.0938. The fourth-order valence-electron chi connectivity index (χ4n) is 11.7. The summed E-state index contributed by atoms with van der Waals surface area (Å²) in [4.78, 5) is 2.47. The first kappa shape index (κ1) is 38.5. The molecule has 314 valence electrons. The van der Waals surface area contributed by atoms with Crippen molar-refractivity contribution in [2.45, 2.75) is 38.5 Å². The van der Waals surface area contributed by atoms with Crippen LogP contribution in [0.15, 0.2) is 217 Å². The standard InChI is InChI=1S/C64H47NO/c1-63(2)55-29-10-7-24-50(55)52-35-34-43(39-57(52)63)46-22-9-12-31-58(46)65(45-21-14-19-42(38-45)48-27-15-28-53-51-25-8-11-30-56(51)64(3,4)61(48)53)44-20-13-18-41(37-44)47-26-16-32-59-60(47)54-36-33-40-17-5-6-23-49(40)62(54)66-59/h5-39H,1-4H3. The molecule has 0 unspecified atom stereocenters. The zero-order valence-electron chi connectivity index (χ0n) is 37.6. The number of hydrogen-bond donors (Lipinski definition) is 0. The number of hydrogen-bond acceptors (Lipinski definition) is 2. The van der Waals surface area contributed by atoms with Crippen molar-refractivity contribution in [3.8, 4) is 55.6 Å². The first-order valence-corrected chi connectivity index (χ1v) is 23.2. The Kier molecular flexibility index (Phi) is 8.33. The van der Waals surface area contributed by atoms with Gasteiger partial charge in [0.2, 0.25) is 0 Å². The first-order valence-electron chi connectivity index (χ1n) is 23.2. The molecule has 0 amide bonds. The maximum absolute atomic E-state index is 6.69. The second-order valence-electron chi connectivity index (χ2n) is 19.2. The number of nitrogens with zero attached hydrogens (tertiary/aromatic N) is 1. The van der Waals surface area contributed by atoms with E-state index in [0.717, 1.165) is 55.5 Å². The van der Waals surface area contributed by atoms with Gasteiger partial charge >= 0.3 is 0 Å². The Labute approximate surface area is 386 Å². The van der Waals surface area contributed by atoms with Crippen LogP contribution in [0.3, 0.4) is 0 Å². The Hall–Kier alpha value is -7.94. The lowest BCUT2D eigenvalue weighted by atomic mass is 9.79. The Bertz CT molecular complexity index is 3790. The van der Waals surface area contributed by atoms with Crippen LogP contribution < -0.4 is 4.90 Å². The van der Waals surface area contributed by atoms with Crippen LogP contribution in [0, 0.1) is 0 Å². The number of furan rings is 1. The third-order valence-electron chi connectivity index (χ3n) is 14.8. The summed E-state index contributed by atoms with van der Waals surface area (Å²) in [5.41, 5.74) is 22.8. The van der Waals surface area contributed by atoms with Crippen LogP contribution in [0.25, 0.3) is 88.3 Å².